The summed E-state index contributed by atoms with van der Waals surface area (Å²) in [5.41, 5.74) is 2.43. The van der Waals surface area contributed by atoms with Gasteiger partial charge < -0.3 is 14.7 Å². The molecule has 7 nitrogen and oxygen atoms in total. The van der Waals surface area contributed by atoms with Gasteiger partial charge in [-0.05, 0) is 93.2 Å². The Balaban J connectivity index is 1.37. The van der Waals surface area contributed by atoms with E-state index in [-0.39, 0.29) is 29.8 Å². The van der Waals surface area contributed by atoms with Gasteiger partial charge in [0, 0.05) is 47.5 Å². The van der Waals surface area contributed by atoms with Gasteiger partial charge in [-0.25, -0.2) is 4.99 Å². The number of likely N-dealkylation sites (N-methyl/N-ethyl adjacent to an activating group) is 1. The number of piperazine rings is 1. The molecule has 2 saturated heterocycles. The predicted octanol–water partition coefficient (Wildman–Crippen LogP) is 7.17. The highest BCUT2D eigenvalue weighted by Crippen LogP contribution is 2.56. The maximum absolute atomic E-state index is 14.7. The van der Waals surface area contributed by atoms with Crippen LogP contribution in [0.25, 0.3) is 0 Å². The molecule has 0 saturated carbocycles. The second-order valence-corrected chi connectivity index (χ2v) is 15.1. The molecule has 45 heavy (non-hydrogen) atoms. The average Bonchev–Trinajstić information content (AvgIpc) is 3.66. The van der Waals surface area contributed by atoms with Gasteiger partial charge in [-0.1, -0.05) is 68.2 Å². The zero-order valence-corrected chi connectivity index (χ0v) is 29.3. The molecule has 4 heterocycles. The van der Waals surface area contributed by atoms with Crippen LogP contribution >= 0.6 is 35.0 Å². The molecule has 4 aliphatic rings. The Morgan fingerprint density at radius 2 is 1.62 bits per heavy atom. The number of aliphatic imine (C=N–C) groups is 1. The van der Waals surface area contributed by atoms with E-state index < -0.39 is 11.6 Å². The molecule has 2 fully saturated rings. The van der Waals surface area contributed by atoms with Gasteiger partial charge in [0.25, 0.3) is 5.91 Å². The lowest BCUT2D eigenvalue weighted by molar-refractivity contribution is -0.145. The van der Waals surface area contributed by atoms with Gasteiger partial charge in [-0.2, -0.15) is 0 Å². The number of amidine groups is 1. The fourth-order valence-electron chi connectivity index (χ4n) is 7.63. The van der Waals surface area contributed by atoms with Gasteiger partial charge in [0.15, 0.2) is 5.17 Å². The molecule has 4 aliphatic heterocycles. The van der Waals surface area contributed by atoms with E-state index in [4.69, 9.17) is 28.2 Å². The third kappa shape index (κ3) is 5.70. The van der Waals surface area contributed by atoms with Crippen LogP contribution in [-0.4, -0.2) is 80.9 Å². The summed E-state index contributed by atoms with van der Waals surface area (Å²) in [6.07, 6.45) is 1.50. The Morgan fingerprint density at radius 1 is 0.978 bits per heavy atom. The maximum atomic E-state index is 14.7. The van der Waals surface area contributed by atoms with E-state index in [1.165, 1.54) is 11.8 Å². The number of carbonyl (C=O) groups is 2. The quantitative estimate of drug-likeness (QED) is 0.327. The summed E-state index contributed by atoms with van der Waals surface area (Å²) in [4.78, 5) is 43.2. The molecule has 0 bridgehead atoms. The molecule has 2 aromatic rings. The van der Waals surface area contributed by atoms with Crippen LogP contribution in [0.15, 0.2) is 64.1 Å². The summed E-state index contributed by atoms with van der Waals surface area (Å²) >= 11 is 14.1. The van der Waals surface area contributed by atoms with Crippen molar-refractivity contribution >= 4 is 51.9 Å². The highest BCUT2D eigenvalue weighted by molar-refractivity contribution is 8.18. The summed E-state index contributed by atoms with van der Waals surface area (Å²) in [7, 11) is 0. The normalized spacial score (nSPS) is 28.7. The Labute approximate surface area is 281 Å². The van der Waals surface area contributed by atoms with E-state index in [9.17, 15) is 9.59 Å². The van der Waals surface area contributed by atoms with Gasteiger partial charge in [0.05, 0.1) is 6.04 Å². The van der Waals surface area contributed by atoms with Crippen LogP contribution in [0.5, 0.6) is 0 Å². The number of carbonyl (C=O) groups excluding carboxylic acids is 2. The van der Waals surface area contributed by atoms with E-state index in [0.717, 1.165) is 41.5 Å². The first-order valence-electron chi connectivity index (χ1n) is 16.1. The predicted molar refractivity (Wildman–Crippen MR) is 184 cm³/mol. The van der Waals surface area contributed by atoms with Crippen molar-refractivity contribution < 1.29 is 9.59 Å². The molecular formula is C35H43Cl2N5O2S. The van der Waals surface area contributed by atoms with Gasteiger partial charge in [-0.3, -0.25) is 14.5 Å². The Morgan fingerprint density at radius 3 is 2.22 bits per heavy atom. The number of nitrogens with zero attached hydrogens (tertiary/aromatic N) is 5. The number of amides is 2. The van der Waals surface area contributed by atoms with Crippen molar-refractivity contribution in [3.63, 3.8) is 0 Å². The van der Waals surface area contributed by atoms with Crippen LogP contribution in [0.4, 0.5) is 0 Å². The number of allylic oxidation sites excluding steroid dienone is 1. The van der Waals surface area contributed by atoms with Crippen LogP contribution in [0, 0.1) is 5.92 Å². The molecule has 0 aromatic heterocycles. The second kappa shape index (κ2) is 12.6. The van der Waals surface area contributed by atoms with Crippen molar-refractivity contribution in [2.45, 2.75) is 84.1 Å². The summed E-state index contributed by atoms with van der Waals surface area (Å²) < 4.78 is 0. The SMILES string of the molecule is CCN1CCN(C(=O)C2CC[C@@H](C)N2C(=O)C2=C(C(C)C)N3C(=N[C@@](C)(c4ccc(Cl)cc4)C3c3ccc(Cl)cc3)S2)C[C@@H]1C. The minimum Gasteiger partial charge on any atom is -0.338 e. The first kappa shape index (κ1) is 32.4. The molecule has 10 heteroatoms. The van der Waals surface area contributed by atoms with Gasteiger partial charge in [0.1, 0.15) is 16.5 Å². The van der Waals surface area contributed by atoms with Crippen molar-refractivity contribution in [1.82, 2.24) is 19.6 Å². The third-order valence-corrected chi connectivity index (χ3v) is 11.6. The minimum atomic E-state index is -0.633. The molecule has 0 N–H and O–H groups in total. The molecule has 2 amide bonds. The number of hydrogen-bond acceptors (Lipinski definition) is 6. The van der Waals surface area contributed by atoms with Crippen molar-refractivity contribution in [3.8, 4) is 0 Å². The van der Waals surface area contributed by atoms with Crippen LogP contribution in [-0.2, 0) is 15.1 Å². The largest absolute Gasteiger partial charge is 0.338 e. The fourth-order valence-corrected chi connectivity index (χ4v) is 9.23. The zero-order chi connectivity index (χ0) is 32.2. The third-order valence-electron chi connectivity index (χ3n) is 10.0. The highest BCUT2D eigenvalue weighted by Gasteiger charge is 2.54. The number of benzene rings is 2. The lowest BCUT2D eigenvalue weighted by Gasteiger charge is -2.41. The lowest BCUT2D eigenvalue weighted by Crippen LogP contribution is -2.57. The number of fused-ring (bicyclic) bond motifs is 1. The van der Waals surface area contributed by atoms with Crippen LogP contribution < -0.4 is 0 Å². The Hall–Kier alpha value is -2.52. The van der Waals surface area contributed by atoms with E-state index in [1.807, 2.05) is 46.2 Å². The lowest BCUT2D eigenvalue weighted by atomic mass is 9.81. The molecule has 0 radical (unpaired) electrons. The maximum Gasteiger partial charge on any atom is 0.263 e. The molecule has 0 spiro atoms. The monoisotopic (exact) mass is 667 g/mol. The van der Waals surface area contributed by atoms with Crippen LogP contribution in [0.2, 0.25) is 10.0 Å². The van der Waals surface area contributed by atoms with Crippen LogP contribution in [0.1, 0.15) is 71.6 Å². The molecule has 240 valence electrons. The molecule has 2 unspecified atom stereocenters. The average molecular weight is 669 g/mol. The van der Waals surface area contributed by atoms with Gasteiger partial charge in [0.2, 0.25) is 5.91 Å². The van der Waals surface area contributed by atoms with Gasteiger partial charge >= 0.3 is 0 Å². The van der Waals surface area contributed by atoms with Crippen molar-refractivity contribution in [3.05, 3.63) is 80.3 Å². The summed E-state index contributed by atoms with van der Waals surface area (Å²) in [6.45, 7) is 16.1. The van der Waals surface area contributed by atoms with E-state index in [2.05, 4.69) is 63.5 Å². The number of hydrogen-bond donors (Lipinski definition) is 0. The van der Waals surface area contributed by atoms with Crippen molar-refractivity contribution in [2.75, 3.05) is 26.2 Å². The Kier molecular flexibility index (Phi) is 9.07. The minimum absolute atomic E-state index is 0.0221. The van der Waals surface area contributed by atoms with Crippen molar-refractivity contribution in [2.24, 2.45) is 10.9 Å². The van der Waals surface area contributed by atoms with Crippen molar-refractivity contribution in [1.29, 1.82) is 0 Å². The summed E-state index contributed by atoms with van der Waals surface area (Å²) in [6, 6.07) is 15.4. The zero-order valence-electron chi connectivity index (χ0n) is 27.0. The fraction of sp³-hybridized carbons (Fsp3) is 0.514. The second-order valence-electron chi connectivity index (χ2n) is 13.3. The topological polar surface area (TPSA) is 59.5 Å². The molecular weight excluding hydrogens is 625 g/mol. The van der Waals surface area contributed by atoms with E-state index in [1.54, 1.807) is 0 Å². The summed E-state index contributed by atoms with van der Waals surface area (Å²) in [5.74, 6) is 0.0613. The Bertz CT molecular complexity index is 1530. The number of rotatable bonds is 6. The van der Waals surface area contributed by atoms with E-state index in [0.29, 0.717) is 40.5 Å². The van der Waals surface area contributed by atoms with Gasteiger partial charge in [-0.15, -0.1) is 0 Å². The standard InChI is InChI=1S/C35H43Cl2N5O2S/c1-7-39-18-19-40(20-23(39)5)32(43)28-17-8-22(4)41(28)33(44)30-29(21(2)3)42-31(24-9-13-26(36)14-10-24)35(6,38-34(42)45-30)25-11-15-27(37)16-12-25/h9-16,21-23,28,31H,7-8,17-20H2,1-6H3/t22-,23+,28?,31?,35+/m1/s1. The first-order valence-corrected chi connectivity index (χ1v) is 17.7. The highest BCUT2D eigenvalue weighted by atomic mass is 35.5. The number of halogens is 2. The first-order chi connectivity index (χ1) is 21.4. The molecule has 2 aromatic carbocycles. The van der Waals surface area contributed by atoms with E-state index >= 15 is 0 Å². The molecule has 0 aliphatic carbocycles. The smallest absolute Gasteiger partial charge is 0.263 e. The van der Waals surface area contributed by atoms with Crippen LogP contribution in [0.3, 0.4) is 0 Å². The number of thioether (sulfide) groups is 1. The number of likely N-dealkylation sites (tertiary alicyclic amines) is 1. The molecule has 6 rings (SSSR count). The summed E-state index contributed by atoms with van der Waals surface area (Å²) in [5, 5.41) is 2.15. The molecule has 5 atom stereocenters.